The summed E-state index contributed by atoms with van der Waals surface area (Å²) in [6.45, 7) is 6.52. The molecule has 0 spiro atoms. The molecule has 0 aliphatic heterocycles. The minimum atomic E-state index is -3.74. The van der Waals surface area contributed by atoms with Gasteiger partial charge in [0.2, 0.25) is 0 Å². The second-order valence-corrected chi connectivity index (χ2v) is 10.9. The van der Waals surface area contributed by atoms with E-state index in [-0.39, 0.29) is 27.1 Å². The van der Waals surface area contributed by atoms with Crippen molar-refractivity contribution in [2.45, 2.75) is 37.5 Å². The number of carbonyl (C=O) groups excluding carboxylic acids is 1. The molecule has 0 radical (unpaired) electrons. The van der Waals surface area contributed by atoms with Gasteiger partial charge in [0.05, 0.1) is 19.8 Å². The van der Waals surface area contributed by atoms with Crippen LogP contribution in [0.5, 0.6) is 11.5 Å². The van der Waals surface area contributed by atoms with E-state index < -0.39 is 15.7 Å². The molecule has 0 aromatic heterocycles. The Kier molecular flexibility index (Phi) is 8.68. The van der Waals surface area contributed by atoms with E-state index in [9.17, 15) is 13.2 Å². The number of hydrogen-bond donors (Lipinski definition) is 3. The Hall–Kier alpha value is -2.85. The number of hydrogen-bond acceptors (Lipinski definition) is 6. The summed E-state index contributed by atoms with van der Waals surface area (Å²) in [6.07, 6.45) is 0.419. The summed E-state index contributed by atoms with van der Waals surface area (Å²) < 4.78 is 35.9. The molecule has 33 heavy (non-hydrogen) atoms. The zero-order chi connectivity index (χ0) is 24.8. The first kappa shape index (κ1) is 26.4. The molecule has 0 bridgehead atoms. The quantitative estimate of drug-likeness (QED) is 0.456. The van der Waals surface area contributed by atoms with Crippen LogP contribution in [0.4, 0.5) is 0 Å². The van der Waals surface area contributed by atoms with E-state index in [1.165, 1.54) is 20.3 Å². The van der Waals surface area contributed by atoms with Crippen LogP contribution in [0.15, 0.2) is 41.3 Å². The highest BCUT2D eigenvalue weighted by Gasteiger charge is 2.21. The molecule has 0 unspecified atom stereocenters. The van der Waals surface area contributed by atoms with Gasteiger partial charge in [-0.3, -0.25) is 4.79 Å². The van der Waals surface area contributed by atoms with Crippen LogP contribution in [-0.4, -0.2) is 46.1 Å². The molecular formula is C23H31N3O5S2. The number of amides is 1. The normalized spacial score (nSPS) is 11.5. The van der Waals surface area contributed by atoms with E-state index in [1.807, 2.05) is 12.1 Å². The number of rotatable bonds is 9. The SMILES string of the molecule is COc1ccc(C(C)(C)C)cc1C(=O)NCCc1ccc(OC)c(S(=O)(=O)CNC(N)=S)c1. The standard InChI is InChI=1S/C23H31N3O5S2/c1-23(2,3)16-7-9-18(30-4)17(13-16)21(27)25-11-10-15-6-8-19(31-5)20(12-15)33(28,29)14-26-22(24)32/h6-9,12-13H,10-11,14H2,1-5H3,(H,25,27)(H3,24,26,32). The Morgan fingerprint density at radius 1 is 1.03 bits per heavy atom. The van der Waals surface area contributed by atoms with Gasteiger partial charge in [-0.05, 0) is 59.4 Å². The van der Waals surface area contributed by atoms with Crippen molar-refractivity contribution in [3.8, 4) is 11.5 Å². The van der Waals surface area contributed by atoms with Gasteiger partial charge in [-0.15, -0.1) is 0 Å². The van der Waals surface area contributed by atoms with Crippen molar-refractivity contribution in [2.75, 3.05) is 26.6 Å². The number of nitrogens with two attached hydrogens (primary N) is 1. The third-order valence-electron chi connectivity index (χ3n) is 5.01. The monoisotopic (exact) mass is 493 g/mol. The maximum absolute atomic E-state index is 12.8. The summed E-state index contributed by atoms with van der Waals surface area (Å²) in [4.78, 5) is 12.9. The number of ether oxygens (including phenoxy) is 2. The van der Waals surface area contributed by atoms with Crippen molar-refractivity contribution in [3.63, 3.8) is 0 Å². The number of thiocarbonyl (C=S) groups is 1. The van der Waals surface area contributed by atoms with Crippen LogP contribution in [0.1, 0.15) is 42.3 Å². The van der Waals surface area contributed by atoms with Crippen LogP contribution >= 0.6 is 12.2 Å². The van der Waals surface area contributed by atoms with Gasteiger partial charge in [-0.1, -0.05) is 32.9 Å². The molecule has 0 fully saturated rings. The second-order valence-electron chi connectivity index (χ2n) is 8.46. The zero-order valence-electron chi connectivity index (χ0n) is 19.5. The Labute approximate surface area is 200 Å². The minimum Gasteiger partial charge on any atom is -0.496 e. The van der Waals surface area contributed by atoms with Gasteiger partial charge in [-0.2, -0.15) is 0 Å². The lowest BCUT2D eigenvalue weighted by molar-refractivity contribution is 0.0951. The van der Waals surface area contributed by atoms with E-state index in [4.69, 9.17) is 27.4 Å². The molecule has 0 saturated carbocycles. The summed E-state index contributed by atoms with van der Waals surface area (Å²) in [5.41, 5.74) is 7.42. The van der Waals surface area contributed by atoms with Crippen LogP contribution in [-0.2, 0) is 21.7 Å². The number of nitrogens with one attached hydrogen (secondary N) is 2. The molecule has 2 aromatic carbocycles. The Morgan fingerprint density at radius 2 is 1.67 bits per heavy atom. The lowest BCUT2D eigenvalue weighted by Crippen LogP contribution is -2.33. The molecule has 0 heterocycles. The first-order chi connectivity index (χ1) is 15.4. The second kappa shape index (κ2) is 10.8. The van der Waals surface area contributed by atoms with Gasteiger partial charge < -0.3 is 25.8 Å². The number of methoxy groups -OCH3 is 2. The van der Waals surface area contributed by atoms with E-state index in [0.717, 1.165) is 11.1 Å². The smallest absolute Gasteiger partial charge is 0.255 e. The minimum absolute atomic E-state index is 0.0251. The van der Waals surface area contributed by atoms with Crippen LogP contribution < -0.4 is 25.8 Å². The summed E-state index contributed by atoms with van der Waals surface area (Å²) in [5.74, 6) is 0.00265. The van der Waals surface area contributed by atoms with E-state index in [0.29, 0.717) is 24.3 Å². The van der Waals surface area contributed by atoms with Crippen molar-refractivity contribution >= 4 is 33.1 Å². The number of carbonyl (C=O) groups is 1. The third-order valence-corrected chi connectivity index (χ3v) is 6.67. The van der Waals surface area contributed by atoms with E-state index in [1.54, 1.807) is 18.2 Å². The molecule has 2 aromatic rings. The van der Waals surface area contributed by atoms with Gasteiger partial charge in [-0.25, -0.2) is 8.42 Å². The lowest BCUT2D eigenvalue weighted by Gasteiger charge is -2.21. The molecule has 180 valence electrons. The molecular weight excluding hydrogens is 462 g/mol. The van der Waals surface area contributed by atoms with Crippen LogP contribution in [0.3, 0.4) is 0 Å². The first-order valence-electron chi connectivity index (χ1n) is 10.3. The molecule has 0 atom stereocenters. The Bertz CT molecular complexity index is 1130. The maximum atomic E-state index is 12.8. The van der Waals surface area contributed by atoms with E-state index >= 15 is 0 Å². The average Bonchev–Trinajstić information content (AvgIpc) is 2.76. The van der Waals surface area contributed by atoms with Crippen LogP contribution in [0.2, 0.25) is 0 Å². The molecule has 8 nitrogen and oxygen atoms in total. The van der Waals surface area contributed by atoms with Crippen molar-refractivity contribution in [3.05, 3.63) is 53.1 Å². The van der Waals surface area contributed by atoms with Crippen LogP contribution in [0.25, 0.3) is 0 Å². The largest absolute Gasteiger partial charge is 0.496 e. The predicted octanol–water partition coefficient (Wildman–Crippen LogP) is 2.54. The first-order valence-corrected chi connectivity index (χ1v) is 12.3. The topological polar surface area (TPSA) is 120 Å². The molecule has 2 rings (SSSR count). The summed E-state index contributed by atoms with van der Waals surface area (Å²) in [5, 5.41) is 5.23. The molecule has 10 heteroatoms. The van der Waals surface area contributed by atoms with Gasteiger partial charge in [0.1, 0.15) is 22.3 Å². The molecule has 0 aliphatic rings. The third kappa shape index (κ3) is 7.06. The fourth-order valence-corrected chi connectivity index (χ4v) is 4.58. The van der Waals surface area contributed by atoms with Crippen molar-refractivity contribution < 1.29 is 22.7 Å². The molecule has 0 aliphatic carbocycles. The Morgan fingerprint density at radius 3 is 2.24 bits per heavy atom. The van der Waals surface area contributed by atoms with Gasteiger partial charge in [0.25, 0.3) is 5.91 Å². The highest BCUT2D eigenvalue weighted by atomic mass is 32.2. The molecule has 0 saturated heterocycles. The highest BCUT2D eigenvalue weighted by Crippen LogP contribution is 2.28. The summed E-state index contributed by atoms with van der Waals surface area (Å²) in [7, 11) is -0.821. The van der Waals surface area contributed by atoms with Crippen molar-refractivity contribution in [1.82, 2.24) is 10.6 Å². The fraction of sp³-hybridized carbons (Fsp3) is 0.391. The van der Waals surface area contributed by atoms with Crippen molar-refractivity contribution in [2.24, 2.45) is 5.73 Å². The molecule has 1 amide bonds. The van der Waals surface area contributed by atoms with Gasteiger partial charge >= 0.3 is 0 Å². The highest BCUT2D eigenvalue weighted by molar-refractivity contribution is 7.91. The van der Waals surface area contributed by atoms with Crippen molar-refractivity contribution in [1.29, 1.82) is 0 Å². The number of benzene rings is 2. The Balaban J connectivity index is 2.16. The van der Waals surface area contributed by atoms with E-state index in [2.05, 4.69) is 31.4 Å². The molecule has 4 N–H and O–H groups in total. The number of sulfone groups is 1. The fourth-order valence-electron chi connectivity index (χ4n) is 3.13. The summed E-state index contributed by atoms with van der Waals surface area (Å²) in [6, 6.07) is 10.4. The predicted molar refractivity (Wildman–Crippen MR) is 133 cm³/mol. The van der Waals surface area contributed by atoms with Gasteiger partial charge in [0, 0.05) is 6.54 Å². The zero-order valence-corrected chi connectivity index (χ0v) is 21.2. The maximum Gasteiger partial charge on any atom is 0.255 e. The lowest BCUT2D eigenvalue weighted by atomic mass is 9.86. The summed E-state index contributed by atoms with van der Waals surface area (Å²) >= 11 is 4.69. The van der Waals surface area contributed by atoms with Crippen LogP contribution in [0, 0.1) is 0 Å². The average molecular weight is 494 g/mol. The van der Waals surface area contributed by atoms with Gasteiger partial charge in [0.15, 0.2) is 14.9 Å².